The maximum absolute atomic E-state index is 13.0. The van der Waals surface area contributed by atoms with Gasteiger partial charge in [0.1, 0.15) is 11.4 Å². The highest BCUT2D eigenvalue weighted by atomic mass is 19.1. The lowest BCUT2D eigenvalue weighted by Crippen LogP contribution is -2.33. The van der Waals surface area contributed by atoms with E-state index < -0.39 is 17.3 Å². The maximum atomic E-state index is 13.0. The van der Waals surface area contributed by atoms with Gasteiger partial charge in [0.2, 0.25) is 0 Å². The van der Waals surface area contributed by atoms with Crippen molar-refractivity contribution in [3.63, 3.8) is 0 Å². The molecule has 7 nitrogen and oxygen atoms in total. The molecule has 1 aromatic heterocycles. The molecule has 3 rings (SSSR count). The Labute approximate surface area is 178 Å². The van der Waals surface area contributed by atoms with Gasteiger partial charge in [0.25, 0.3) is 17.4 Å². The summed E-state index contributed by atoms with van der Waals surface area (Å²) in [5.41, 5.74) is 0.964. The van der Waals surface area contributed by atoms with Crippen LogP contribution in [0.15, 0.2) is 71.7 Å². The summed E-state index contributed by atoms with van der Waals surface area (Å²) in [4.78, 5) is 37.3. The van der Waals surface area contributed by atoms with Gasteiger partial charge in [-0.15, -0.1) is 0 Å². The average Bonchev–Trinajstić information content (AvgIpc) is 2.78. The first-order chi connectivity index (χ1) is 15.0. The molecule has 160 valence electrons. The van der Waals surface area contributed by atoms with Crippen molar-refractivity contribution >= 4 is 17.5 Å². The standard InChI is InChI=1S/C23H22FN3O4/c1-31-15-3-13-25-22(29)20-4-2-14-27(23(20)30)19-11-9-18(10-12-19)26-21(28)16-5-7-17(24)8-6-16/h2,4-12,14H,3,13,15H2,1H3,(H,25,29)(H,26,28). The first kappa shape index (κ1) is 21.9. The van der Waals surface area contributed by atoms with Crippen LogP contribution in [0, 0.1) is 5.82 Å². The summed E-state index contributed by atoms with van der Waals surface area (Å²) in [7, 11) is 1.58. The summed E-state index contributed by atoms with van der Waals surface area (Å²) in [6.45, 7) is 0.923. The van der Waals surface area contributed by atoms with Gasteiger partial charge in [0.15, 0.2) is 0 Å². The quantitative estimate of drug-likeness (QED) is 0.545. The fourth-order valence-corrected chi connectivity index (χ4v) is 2.89. The summed E-state index contributed by atoms with van der Waals surface area (Å²) < 4.78 is 19.3. The maximum Gasteiger partial charge on any atom is 0.267 e. The molecule has 0 unspecified atom stereocenters. The summed E-state index contributed by atoms with van der Waals surface area (Å²) in [6.07, 6.45) is 2.21. The van der Waals surface area contributed by atoms with Gasteiger partial charge in [-0.2, -0.15) is 0 Å². The number of rotatable bonds is 8. The van der Waals surface area contributed by atoms with Crippen molar-refractivity contribution in [3.05, 3.63) is 94.2 Å². The normalized spacial score (nSPS) is 10.5. The second-order valence-electron chi connectivity index (χ2n) is 6.71. The van der Waals surface area contributed by atoms with Gasteiger partial charge in [-0.05, 0) is 67.1 Å². The van der Waals surface area contributed by atoms with Crippen LogP contribution in [0.5, 0.6) is 0 Å². The predicted molar refractivity (Wildman–Crippen MR) is 115 cm³/mol. The second-order valence-corrected chi connectivity index (χ2v) is 6.71. The van der Waals surface area contributed by atoms with E-state index in [1.54, 1.807) is 43.6 Å². The Bertz CT molecular complexity index is 1110. The van der Waals surface area contributed by atoms with Crippen LogP contribution < -0.4 is 16.2 Å². The molecular formula is C23H22FN3O4. The summed E-state index contributed by atoms with van der Waals surface area (Å²) >= 11 is 0. The Hall–Kier alpha value is -3.78. The lowest BCUT2D eigenvalue weighted by Gasteiger charge is -2.10. The van der Waals surface area contributed by atoms with E-state index in [9.17, 15) is 18.8 Å². The van der Waals surface area contributed by atoms with Gasteiger partial charge in [-0.3, -0.25) is 19.0 Å². The third-order valence-electron chi connectivity index (χ3n) is 4.51. The van der Waals surface area contributed by atoms with Crippen molar-refractivity contribution in [1.29, 1.82) is 0 Å². The van der Waals surface area contributed by atoms with Crippen molar-refractivity contribution in [3.8, 4) is 5.69 Å². The molecule has 0 aliphatic heterocycles. The van der Waals surface area contributed by atoms with E-state index in [1.165, 1.54) is 34.9 Å². The molecule has 2 N–H and O–H groups in total. The van der Waals surface area contributed by atoms with Crippen LogP contribution in [0.25, 0.3) is 5.69 Å². The third-order valence-corrected chi connectivity index (χ3v) is 4.51. The molecule has 3 aromatic rings. The van der Waals surface area contributed by atoms with Crippen molar-refractivity contribution in [2.24, 2.45) is 0 Å². The highest BCUT2D eigenvalue weighted by Gasteiger charge is 2.13. The first-order valence-corrected chi connectivity index (χ1v) is 9.66. The number of hydrogen-bond acceptors (Lipinski definition) is 4. The highest BCUT2D eigenvalue weighted by molar-refractivity contribution is 6.04. The van der Waals surface area contributed by atoms with E-state index in [1.807, 2.05) is 0 Å². The number of anilines is 1. The highest BCUT2D eigenvalue weighted by Crippen LogP contribution is 2.14. The molecule has 0 radical (unpaired) electrons. The second kappa shape index (κ2) is 10.3. The molecule has 31 heavy (non-hydrogen) atoms. The number of aromatic nitrogens is 1. The zero-order valence-electron chi connectivity index (χ0n) is 16.9. The van der Waals surface area contributed by atoms with Crippen molar-refractivity contribution < 1.29 is 18.7 Å². The minimum absolute atomic E-state index is 0.0357. The Morgan fingerprint density at radius 2 is 1.71 bits per heavy atom. The number of halogens is 1. The number of carbonyl (C=O) groups is 2. The Morgan fingerprint density at radius 1 is 1.00 bits per heavy atom. The number of hydrogen-bond donors (Lipinski definition) is 2. The van der Waals surface area contributed by atoms with E-state index in [4.69, 9.17) is 4.74 Å². The molecule has 1 heterocycles. The van der Waals surface area contributed by atoms with E-state index >= 15 is 0 Å². The number of nitrogens with zero attached hydrogens (tertiary/aromatic N) is 1. The largest absolute Gasteiger partial charge is 0.385 e. The van der Waals surface area contributed by atoms with E-state index in [2.05, 4.69) is 10.6 Å². The van der Waals surface area contributed by atoms with E-state index in [0.29, 0.717) is 36.5 Å². The molecule has 0 bridgehead atoms. The number of nitrogens with one attached hydrogen (secondary N) is 2. The summed E-state index contributed by atoms with van der Waals surface area (Å²) in [5, 5.41) is 5.41. The number of ether oxygens (including phenoxy) is 1. The molecule has 0 fully saturated rings. The number of carbonyl (C=O) groups excluding carboxylic acids is 2. The molecule has 0 aliphatic rings. The van der Waals surface area contributed by atoms with Gasteiger partial charge >= 0.3 is 0 Å². The number of amides is 2. The molecule has 8 heteroatoms. The van der Waals surface area contributed by atoms with Crippen LogP contribution in [-0.4, -0.2) is 36.6 Å². The van der Waals surface area contributed by atoms with Gasteiger partial charge < -0.3 is 15.4 Å². The molecule has 0 saturated carbocycles. The van der Waals surface area contributed by atoms with Crippen LogP contribution in [-0.2, 0) is 4.74 Å². The number of methoxy groups -OCH3 is 1. The van der Waals surface area contributed by atoms with Crippen LogP contribution in [0.1, 0.15) is 27.1 Å². The Kier molecular flexibility index (Phi) is 7.29. The fourth-order valence-electron chi connectivity index (χ4n) is 2.89. The third kappa shape index (κ3) is 5.64. The lowest BCUT2D eigenvalue weighted by atomic mass is 10.2. The first-order valence-electron chi connectivity index (χ1n) is 9.66. The lowest BCUT2D eigenvalue weighted by molar-refractivity contribution is 0.0946. The molecule has 0 spiro atoms. The molecule has 0 atom stereocenters. The summed E-state index contributed by atoms with van der Waals surface area (Å²) in [5.74, 6) is -1.24. The predicted octanol–water partition coefficient (Wildman–Crippen LogP) is 3.00. The van der Waals surface area contributed by atoms with Gasteiger partial charge in [0.05, 0.1) is 0 Å². The van der Waals surface area contributed by atoms with E-state index in [-0.39, 0.29) is 11.5 Å². The minimum atomic E-state index is -0.449. The average molecular weight is 423 g/mol. The number of pyridine rings is 1. The van der Waals surface area contributed by atoms with Gasteiger partial charge in [0, 0.05) is 43.4 Å². The van der Waals surface area contributed by atoms with Crippen LogP contribution in [0.2, 0.25) is 0 Å². The van der Waals surface area contributed by atoms with Crippen LogP contribution in [0.4, 0.5) is 10.1 Å². The molecule has 0 aliphatic carbocycles. The van der Waals surface area contributed by atoms with E-state index in [0.717, 1.165) is 0 Å². The fraction of sp³-hybridized carbons (Fsp3) is 0.174. The molecular weight excluding hydrogens is 401 g/mol. The van der Waals surface area contributed by atoms with Gasteiger partial charge in [-0.1, -0.05) is 0 Å². The zero-order valence-corrected chi connectivity index (χ0v) is 16.9. The molecule has 2 amide bonds. The minimum Gasteiger partial charge on any atom is -0.385 e. The summed E-state index contributed by atoms with van der Waals surface area (Å²) in [6, 6.07) is 14.9. The zero-order chi connectivity index (χ0) is 22.2. The SMILES string of the molecule is COCCCNC(=O)c1cccn(-c2ccc(NC(=O)c3ccc(F)cc3)cc2)c1=O. The van der Waals surface area contributed by atoms with Crippen molar-refractivity contribution in [2.75, 3.05) is 25.6 Å². The number of benzene rings is 2. The molecule has 0 saturated heterocycles. The molecule has 2 aromatic carbocycles. The Balaban J connectivity index is 1.72. The van der Waals surface area contributed by atoms with Crippen LogP contribution in [0.3, 0.4) is 0 Å². The van der Waals surface area contributed by atoms with Crippen LogP contribution >= 0.6 is 0 Å². The van der Waals surface area contributed by atoms with Gasteiger partial charge in [-0.25, -0.2) is 4.39 Å². The monoisotopic (exact) mass is 423 g/mol. The van der Waals surface area contributed by atoms with Crippen molar-refractivity contribution in [1.82, 2.24) is 9.88 Å². The Morgan fingerprint density at radius 3 is 2.39 bits per heavy atom. The van der Waals surface area contributed by atoms with Crippen molar-refractivity contribution in [2.45, 2.75) is 6.42 Å². The topological polar surface area (TPSA) is 89.4 Å². The smallest absolute Gasteiger partial charge is 0.267 e.